The Kier molecular flexibility index (Phi) is 1.85. The van der Waals surface area contributed by atoms with Crippen molar-refractivity contribution in [2.75, 3.05) is 26.3 Å². The predicted octanol–water partition coefficient (Wildman–Crippen LogP) is 1.52. The Labute approximate surface area is 84.5 Å². The van der Waals surface area contributed by atoms with Gasteiger partial charge < -0.3 is 4.74 Å². The molecule has 0 atom stereocenters. The second-order valence-electron chi connectivity index (χ2n) is 4.62. The SMILES string of the molecule is c1ccc(CN2CC3(COC3)C2)cc1. The van der Waals surface area contributed by atoms with Crippen LogP contribution in [-0.4, -0.2) is 31.2 Å². The Morgan fingerprint density at radius 1 is 1.14 bits per heavy atom. The molecule has 1 aromatic rings. The van der Waals surface area contributed by atoms with E-state index in [2.05, 4.69) is 35.2 Å². The minimum Gasteiger partial charge on any atom is -0.380 e. The summed E-state index contributed by atoms with van der Waals surface area (Å²) in [7, 11) is 0. The third-order valence-corrected chi connectivity index (χ3v) is 3.18. The second kappa shape index (κ2) is 3.07. The molecule has 1 aromatic carbocycles. The third-order valence-electron chi connectivity index (χ3n) is 3.18. The molecule has 2 fully saturated rings. The standard InChI is InChI=1S/C12H15NO/c1-2-4-11(5-3-1)6-13-7-12(8-13)9-14-10-12/h1-5H,6-10H2. The molecule has 0 radical (unpaired) electrons. The zero-order valence-electron chi connectivity index (χ0n) is 8.28. The topological polar surface area (TPSA) is 12.5 Å². The normalized spacial score (nSPS) is 24.3. The minimum absolute atomic E-state index is 0.550. The van der Waals surface area contributed by atoms with Crippen LogP contribution in [0, 0.1) is 5.41 Å². The molecule has 0 bridgehead atoms. The van der Waals surface area contributed by atoms with E-state index in [1.807, 2.05) is 0 Å². The molecular formula is C12H15NO. The van der Waals surface area contributed by atoms with Gasteiger partial charge in [-0.15, -0.1) is 0 Å². The Morgan fingerprint density at radius 2 is 1.86 bits per heavy atom. The lowest BCUT2D eigenvalue weighted by atomic mass is 9.78. The lowest BCUT2D eigenvalue weighted by molar-refractivity contribution is -0.191. The van der Waals surface area contributed by atoms with E-state index in [9.17, 15) is 0 Å². The van der Waals surface area contributed by atoms with Gasteiger partial charge in [0.2, 0.25) is 0 Å². The average Bonchev–Trinajstić information content (AvgIpc) is 2.09. The van der Waals surface area contributed by atoms with Gasteiger partial charge in [-0.25, -0.2) is 0 Å². The summed E-state index contributed by atoms with van der Waals surface area (Å²) in [6.45, 7) is 5.52. The number of hydrogen-bond acceptors (Lipinski definition) is 2. The van der Waals surface area contributed by atoms with Crippen LogP contribution in [0.4, 0.5) is 0 Å². The molecule has 0 saturated carbocycles. The molecule has 0 aliphatic carbocycles. The fourth-order valence-electron chi connectivity index (χ4n) is 2.43. The summed E-state index contributed by atoms with van der Waals surface area (Å²) in [4.78, 5) is 2.50. The zero-order chi connectivity index (χ0) is 9.43. The quantitative estimate of drug-likeness (QED) is 0.699. The van der Waals surface area contributed by atoms with Crippen LogP contribution < -0.4 is 0 Å². The van der Waals surface area contributed by atoms with Crippen LogP contribution in [0.5, 0.6) is 0 Å². The molecule has 2 saturated heterocycles. The summed E-state index contributed by atoms with van der Waals surface area (Å²) < 4.78 is 5.25. The summed E-state index contributed by atoms with van der Waals surface area (Å²) in [5.41, 5.74) is 1.97. The number of hydrogen-bond donors (Lipinski definition) is 0. The van der Waals surface area contributed by atoms with E-state index in [1.54, 1.807) is 0 Å². The van der Waals surface area contributed by atoms with Crippen LogP contribution in [0.1, 0.15) is 5.56 Å². The van der Waals surface area contributed by atoms with Crippen molar-refractivity contribution >= 4 is 0 Å². The smallest absolute Gasteiger partial charge is 0.0569 e. The second-order valence-corrected chi connectivity index (χ2v) is 4.62. The van der Waals surface area contributed by atoms with Crippen LogP contribution in [0.15, 0.2) is 30.3 Å². The summed E-state index contributed by atoms with van der Waals surface area (Å²) in [5.74, 6) is 0. The average molecular weight is 189 g/mol. The van der Waals surface area contributed by atoms with Crippen molar-refractivity contribution in [3.8, 4) is 0 Å². The van der Waals surface area contributed by atoms with Crippen molar-refractivity contribution in [2.45, 2.75) is 6.54 Å². The number of nitrogens with zero attached hydrogens (tertiary/aromatic N) is 1. The van der Waals surface area contributed by atoms with Crippen LogP contribution in [0.25, 0.3) is 0 Å². The van der Waals surface area contributed by atoms with Gasteiger partial charge in [0.15, 0.2) is 0 Å². The molecule has 0 aromatic heterocycles. The summed E-state index contributed by atoms with van der Waals surface area (Å²) in [6.07, 6.45) is 0. The van der Waals surface area contributed by atoms with Gasteiger partial charge in [-0.1, -0.05) is 30.3 Å². The lowest BCUT2D eigenvalue weighted by Crippen LogP contribution is -2.65. The molecule has 14 heavy (non-hydrogen) atoms. The maximum Gasteiger partial charge on any atom is 0.0569 e. The molecule has 74 valence electrons. The van der Waals surface area contributed by atoms with Crippen molar-refractivity contribution in [1.82, 2.24) is 4.90 Å². The van der Waals surface area contributed by atoms with Gasteiger partial charge in [0.05, 0.1) is 13.2 Å². The molecule has 2 heterocycles. The monoisotopic (exact) mass is 189 g/mol. The first-order valence-corrected chi connectivity index (χ1v) is 5.20. The summed E-state index contributed by atoms with van der Waals surface area (Å²) >= 11 is 0. The maximum absolute atomic E-state index is 5.25. The third kappa shape index (κ3) is 1.35. The fraction of sp³-hybridized carbons (Fsp3) is 0.500. The van der Waals surface area contributed by atoms with Gasteiger partial charge in [0.25, 0.3) is 0 Å². The first kappa shape index (κ1) is 8.45. The summed E-state index contributed by atoms with van der Waals surface area (Å²) in [5, 5.41) is 0. The Bertz CT molecular complexity index is 310. The number of rotatable bonds is 2. The van der Waals surface area contributed by atoms with Crippen molar-refractivity contribution in [1.29, 1.82) is 0 Å². The Hall–Kier alpha value is -0.860. The molecule has 2 heteroatoms. The molecule has 1 spiro atoms. The van der Waals surface area contributed by atoms with Crippen LogP contribution in [0.2, 0.25) is 0 Å². The van der Waals surface area contributed by atoms with E-state index >= 15 is 0 Å². The van der Waals surface area contributed by atoms with Gasteiger partial charge in [-0.3, -0.25) is 4.90 Å². The highest BCUT2D eigenvalue weighted by atomic mass is 16.5. The van der Waals surface area contributed by atoms with E-state index in [1.165, 1.54) is 18.7 Å². The van der Waals surface area contributed by atoms with Crippen LogP contribution in [-0.2, 0) is 11.3 Å². The summed E-state index contributed by atoms with van der Waals surface area (Å²) in [6, 6.07) is 10.7. The van der Waals surface area contributed by atoms with Crippen LogP contribution >= 0.6 is 0 Å². The highest BCUT2D eigenvalue weighted by molar-refractivity contribution is 5.15. The van der Waals surface area contributed by atoms with E-state index in [4.69, 9.17) is 4.74 Å². The van der Waals surface area contributed by atoms with Gasteiger partial charge >= 0.3 is 0 Å². The highest BCUT2D eigenvalue weighted by Crippen LogP contribution is 2.38. The molecular weight excluding hydrogens is 174 g/mol. The van der Waals surface area contributed by atoms with Crippen molar-refractivity contribution in [2.24, 2.45) is 5.41 Å². The van der Waals surface area contributed by atoms with Gasteiger partial charge in [-0.2, -0.15) is 0 Å². The number of likely N-dealkylation sites (tertiary alicyclic amines) is 1. The first-order valence-electron chi connectivity index (χ1n) is 5.20. The van der Waals surface area contributed by atoms with Gasteiger partial charge in [0, 0.05) is 25.0 Å². The van der Waals surface area contributed by atoms with Crippen molar-refractivity contribution in [3.05, 3.63) is 35.9 Å². The predicted molar refractivity (Wildman–Crippen MR) is 55.0 cm³/mol. The minimum atomic E-state index is 0.550. The Morgan fingerprint density at radius 3 is 2.43 bits per heavy atom. The van der Waals surface area contributed by atoms with E-state index in [-0.39, 0.29) is 0 Å². The fourth-order valence-corrected chi connectivity index (χ4v) is 2.43. The van der Waals surface area contributed by atoms with E-state index in [0.717, 1.165) is 19.8 Å². The van der Waals surface area contributed by atoms with Crippen LogP contribution in [0.3, 0.4) is 0 Å². The zero-order valence-corrected chi connectivity index (χ0v) is 8.28. The number of ether oxygens (including phenoxy) is 1. The molecule has 2 aliphatic heterocycles. The van der Waals surface area contributed by atoms with E-state index in [0.29, 0.717) is 5.41 Å². The molecule has 3 rings (SSSR count). The van der Waals surface area contributed by atoms with Gasteiger partial charge in [-0.05, 0) is 5.56 Å². The highest BCUT2D eigenvalue weighted by Gasteiger charge is 2.48. The van der Waals surface area contributed by atoms with Gasteiger partial charge in [0.1, 0.15) is 0 Å². The molecule has 0 N–H and O–H groups in total. The van der Waals surface area contributed by atoms with Crippen molar-refractivity contribution in [3.63, 3.8) is 0 Å². The molecule has 2 nitrogen and oxygen atoms in total. The lowest BCUT2D eigenvalue weighted by Gasteiger charge is -2.55. The molecule has 0 unspecified atom stereocenters. The largest absolute Gasteiger partial charge is 0.380 e. The van der Waals surface area contributed by atoms with Crippen molar-refractivity contribution < 1.29 is 4.74 Å². The molecule has 0 amide bonds. The maximum atomic E-state index is 5.25. The van der Waals surface area contributed by atoms with E-state index < -0.39 is 0 Å². The molecule has 2 aliphatic rings. The first-order chi connectivity index (χ1) is 6.86. The Balaban J connectivity index is 1.56. The number of benzene rings is 1.